The van der Waals surface area contributed by atoms with Crippen LogP contribution in [0.4, 0.5) is 5.69 Å². The van der Waals surface area contributed by atoms with Crippen molar-refractivity contribution in [1.29, 1.82) is 0 Å². The summed E-state index contributed by atoms with van der Waals surface area (Å²) in [7, 11) is 0. The van der Waals surface area contributed by atoms with E-state index in [1.54, 1.807) is 54.9 Å². The number of amides is 2. The van der Waals surface area contributed by atoms with E-state index in [-0.39, 0.29) is 11.6 Å². The molecule has 28 heavy (non-hydrogen) atoms. The first-order chi connectivity index (χ1) is 13.5. The van der Waals surface area contributed by atoms with E-state index in [9.17, 15) is 9.59 Å². The Hall–Kier alpha value is -3.25. The highest BCUT2D eigenvalue weighted by Crippen LogP contribution is 2.15. The van der Waals surface area contributed by atoms with Gasteiger partial charge in [0.15, 0.2) is 0 Å². The van der Waals surface area contributed by atoms with Crippen LogP contribution in [-0.2, 0) is 4.79 Å². The van der Waals surface area contributed by atoms with Crippen LogP contribution in [0, 0.1) is 6.92 Å². The Kier molecular flexibility index (Phi) is 6.34. The van der Waals surface area contributed by atoms with Gasteiger partial charge in [0.1, 0.15) is 5.70 Å². The maximum absolute atomic E-state index is 12.8. The summed E-state index contributed by atoms with van der Waals surface area (Å²) in [6.07, 6.45) is 4.85. The average Bonchev–Trinajstić information content (AvgIpc) is 2.70. The molecule has 0 radical (unpaired) electrons. The number of nitrogens with one attached hydrogen (secondary N) is 2. The van der Waals surface area contributed by atoms with Gasteiger partial charge in [0.25, 0.3) is 11.8 Å². The molecule has 0 saturated carbocycles. The van der Waals surface area contributed by atoms with Gasteiger partial charge in [-0.1, -0.05) is 39.7 Å². The molecule has 3 rings (SSSR count). The zero-order chi connectivity index (χ0) is 19.9. The molecule has 0 atom stereocenters. The highest BCUT2D eigenvalue weighted by Gasteiger charge is 2.15. The maximum Gasteiger partial charge on any atom is 0.272 e. The number of carbonyl (C=O) groups is 2. The van der Waals surface area contributed by atoms with Crippen LogP contribution in [-0.4, -0.2) is 16.8 Å². The van der Waals surface area contributed by atoms with Crippen molar-refractivity contribution in [2.75, 3.05) is 5.32 Å². The monoisotopic (exact) mass is 435 g/mol. The molecular weight excluding hydrogens is 418 g/mol. The maximum atomic E-state index is 12.8. The number of halogens is 1. The molecule has 0 unspecified atom stereocenters. The van der Waals surface area contributed by atoms with E-state index < -0.39 is 5.91 Å². The van der Waals surface area contributed by atoms with E-state index in [0.717, 1.165) is 10.0 Å². The second-order valence-electron chi connectivity index (χ2n) is 6.13. The minimum atomic E-state index is -0.424. The molecule has 140 valence electrons. The van der Waals surface area contributed by atoms with Crippen molar-refractivity contribution in [3.63, 3.8) is 0 Å². The van der Waals surface area contributed by atoms with E-state index in [2.05, 4.69) is 31.5 Å². The highest BCUT2D eigenvalue weighted by molar-refractivity contribution is 9.10. The summed E-state index contributed by atoms with van der Waals surface area (Å²) < 4.78 is 0.907. The first kappa shape index (κ1) is 19.5. The fourth-order valence-corrected chi connectivity index (χ4v) is 2.68. The quantitative estimate of drug-likeness (QED) is 0.576. The predicted octanol–water partition coefficient (Wildman–Crippen LogP) is 4.56. The molecule has 2 N–H and O–H groups in total. The molecule has 0 aliphatic heterocycles. The number of carbonyl (C=O) groups excluding carboxylic acids is 2. The van der Waals surface area contributed by atoms with Crippen molar-refractivity contribution in [2.45, 2.75) is 6.92 Å². The van der Waals surface area contributed by atoms with Crippen LogP contribution in [0.15, 0.2) is 83.2 Å². The first-order valence-corrected chi connectivity index (χ1v) is 9.37. The number of pyridine rings is 1. The lowest BCUT2D eigenvalue weighted by Gasteiger charge is -2.11. The fraction of sp³-hybridized carbons (Fsp3) is 0.0455. The number of benzene rings is 2. The standard InChI is InChI=1S/C22H18BrN3O2/c1-15-4-6-17(7-5-15)21(27)26-20(13-16-3-2-12-24-14-16)22(28)25-19-10-8-18(23)9-11-19/h2-14H,1H3,(H,25,28)(H,26,27). The Morgan fingerprint density at radius 1 is 1.00 bits per heavy atom. The summed E-state index contributed by atoms with van der Waals surface area (Å²) in [5.74, 6) is -0.785. The fourth-order valence-electron chi connectivity index (χ4n) is 2.42. The molecule has 6 heteroatoms. The zero-order valence-electron chi connectivity index (χ0n) is 15.1. The van der Waals surface area contributed by atoms with Gasteiger partial charge in [0, 0.05) is 28.1 Å². The normalized spacial score (nSPS) is 11.0. The van der Waals surface area contributed by atoms with E-state index in [1.807, 2.05) is 31.2 Å². The lowest BCUT2D eigenvalue weighted by atomic mass is 10.1. The van der Waals surface area contributed by atoms with E-state index in [4.69, 9.17) is 0 Å². The van der Waals surface area contributed by atoms with Crippen LogP contribution < -0.4 is 10.6 Å². The Morgan fingerprint density at radius 2 is 1.71 bits per heavy atom. The topological polar surface area (TPSA) is 71.1 Å². The van der Waals surface area contributed by atoms with Gasteiger partial charge in [-0.3, -0.25) is 14.6 Å². The van der Waals surface area contributed by atoms with Gasteiger partial charge in [-0.25, -0.2) is 0 Å². The molecule has 3 aromatic rings. The van der Waals surface area contributed by atoms with E-state index in [1.165, 1.54) is 0 Å². The molecule has 1 heterocycles. The molecular formula is C22H18BrN3O2. The smallest absolute Gasteiger partial charge is 0.272 e. The van der Waals surface area contributed by atoms with E-state index >= 15 is 0 Å². The van der Waals surface area contributed by atoms with Gasteiger partial charge < -0.3 is 10.6 Å². The Bertz CT molecular complexity index is 998. The minimum Gasteiger partial charge on any atom is -0.321 e. The second-order valence-corrected chi connectivity index (χ2v) is 7.04. The highest BCUT2D eigenvalue weighted by atomic mass is 79.9. The average molecular weight is 436 g/mol. The summed E-state index contributed by atoms with van der Waals surface area (Å²) in [6, 6.07) is 17.9. The van der Waals surface area contributed by atoms with Gasteiger partial charge in [-0.2, -0.15) is 0 Å². The molecule has 2 amide bonds. The van der Waals surface area contributed by atoms with Gasteiger partial charge in [0.05, 0.1) is 0 Å². The van der Waals surface area contributed by atoms with Crippen LogP contribution >= 0.6 is 15.9 Å². The summed E-state index contributed by atoms with van der Waals surface area (Å²) >= 11 is 3.36. The number of aryl methyl sites for hydroxylation is 1. The molecule has 0 bridgehead atoms. The van der Waals surface area contributed by atoms with Crippen molar-refractivity contribution in [2.24, 2.45) is 0 Å². The molecule has 0 aliphatic rings. The summed E-state index contributed by atoms with van der Waals surface area (Å²) in [4.78, 5) is 29.4. The third-order valence-corrected chi connectivity index (χ3v) is 4.43. The van der Waals surface area contributed by atoms with Crippen molar-refractivity contribution in [1.82, 2.24) is 10.3 Å². The summed E-state index contributed by atoms with van der Waals surface area (Å²) in [5.41, 5.74) is 2.97. The number of nitrogens with zero attached hydrogens (tertiary/aromatic N) is 1. The van der Waals surface area contributed by atoms with Crippen LogP contribution in [0.2, 0.25) is 0 Å². The predicted molar refractivity (Wildman–Crippen MR) is 114 cm³/mol. The van der Waals surface area contributed by atoms with Gasteiger partial charge in [0.2, 0.25) is 0 Å². The van der Waals surface area contributed by atoms with Crippen LogP contribution in [0.3, 0.4) is 0 Å². The van der Waals surface area contributed by atoms with Crippen molar-refractivity contribution in [3.05, 3.63) is 99.9 Å². The van der Waals surface area contributed by atoms with Gasteiger partial charge >= 0.3 is 0 Å². The molecule has 2 aromatic carbocycles. The SMILES string of the molecule is Cc1ccc(C(=O)NC(=Cc2cccnc2)C(=O)Nc2ccc(Br)cc2)cc1. The molecule has 1 aromatic heterocycles. The lowest BCUT2D eigenvalue weighted by molar-refractivity contribution is -0.113. The summed E-state index contributed by atoms with van der Waals surface area (Å²) in [5, 5.41) is 5.50. The Labute approximate surface area is 171 Å². The lowest BCUT2D eigenvalue weighted by Crippen LogP contribution is -2.30. The minimum absolute atomic E-state index is 0.126. The Morgan fingerprint density at radius 3 is 2.36 bits per heavy atom. The number of anilines is 1. The molecule has 0 aliphatic carbocycles. The third-order valence-electron chi connectivity index (χ3n) is 3.90. The second kappa shape index (κ2) is 9.10. The first-order valence-electron chi connectivity index (χ1n) is 8.58. The zero-order valence-corrected chi connectivity index (χ0v) is 16.7. The third kappa shape index (κ3) is 5.37. The molecule has 0 fully saturated rings. The van der Waals surface area contributed by atoms with Crippen LogP contribution in [0.25, 0.3) is 6.08 Å². The summed E-state index contributed by atoms with van der Waals surface area (Å²) in [6.45, 7) is 1.95. The van der Waals surface area contributed by atoms with Crippen molar-refractivity contribution in [3.8, 4) is 0 Å². The molecule has 0 spiro atoms. The van der Waals surface area contributed by atoms with Gasteiger partial charge in [-0.15, -0.1) is 0 Å². The van der Waals surface area contributed by atoms with Gasteiger partial charge in [-0.05, 0) is 61.0 Å². The number of hydrogen-bond acceptors (Lipinski definition) is 3. The van der Waals surface area contributed by atoms with E-state index in [0.29, 0.717) is 16.8 Å². The van der Waals surface area contributed by atoms with Crippen LogP contribution in [0.1, 0.15) is 21.5 Å². The molecule has 0 saturated heterocycles. The van der Waals surface area contributed by atoms with Crippen LogP contribution in [0.5, 0.6) is 0 Å². The number of rotatable bonds is 5. The number of hydrogen-bond donors (Lipinski definition) is 2. The van der Waals surface area contributed by atoms with Crippen molar-refractivity contribution < 1.29 is 9.59 Å². The largest absolute Gasteiger partial charge is 0.321 e. The molecule has 5 nitrogen and oxygen atoms in total. The Balaban J connectivity index is 1.85. The van der Waals surface area contributed by atoms with Crippen molar-refractivity contribution >= 4 is 39.5 Å². The number of aromatic nitrogens is 1.